The van der Waals surface area contributed by atoms with Crippen LogP contribution in [0.1, 0.15) is 43.2 Å². The summed E-state index contributed by atoms with van der Waals surface area (Å²) in [6.07, 6.45) is 10.2. The van der Waals surface area contributed by atoms with Crippen molar-refractivity contribution in [3.8, 4) is 11.5 Å². The summed E-state index contributed by atoms with van der Waals surface area (Å²) in [5, 5.41) is 10.9. The molecule has 2 spiro atoms. The first-order valence-corrected chi connectivity index (χ1v) is 12.8. The van der Waals surface area contributed by atoms with Crippen molar-refractivity contribution in [2.45, 2.75) is 67.8 Å². The first-order chi connectivity index (χ1) is 16.4. The third-order valence-electron chi connectivity index (χ3n) is 10.6. The minimum absolute atomic E-state index is 0.0230. The Morgan fingerprint density at radius 1 is 1.24 bits per heavy atom. The van der Waals surface area contributed by atoms with Crippen LogP contribution in [0.5, 0.6) is 11.5 Å². The number of phenolic OH excluding ortho intramolecular Hbond substituents is 1. The van der Waals surface area contributed by atoms with Crippen molar-refractivity contribution in [2.75, 3.05) is 20.2 Å². The maximum atomic E-state index is 12.4. The molecule has 2 saturated heterocycles. The molecule has 0 radical (unpaired) electrons. The number of cyclic esters (lactones) is 1. The highest BCUT2D eigenvalue weighted by Gasteiger charge is 2.80. The summed E-state index contributed by atoms with van der Waals surface area (Å²) < 4.78 is 19.1. The average Bonchev–Trinajstić information content (AvgIpc) is 3.48. The molecule has 0 amide bonds. The van der Waals surface area contributed by atoms with Crippen molar-refractivity contribution in [2.24, 2.45) is 17.3 Å². The number of piperidine rings is 1. The number of carbonyl (C=O) groups is 1. The highest BCUT2D eigenvalue weighted by molar-refractivity contribution is 5.90. The molecule has 1 aromatic carbocycles. The summed E-state index contributed by atoms with van der Waals surface area (Å²) in [4.78, 5) is 15.1. The van der Waals surface area contributed by atoms with Crippen LogP contribution in [-0.2, 0) is 26.1 Å². The van der Waals surface area contributed by atoms with Gasteiger partial charge in [0.05, 0.1) is 5.41 Å². The third kappa shape index (κ3) is 2.03. The van der Waals surface area contributed by atoms with Crippen LogP contribution in [0.2, 0.25) is 0 Å². The second kappa shape index (κ2) is 6.08. The second-order valence-corrected chi connectivity index (χ2v) is 11.8. The predicted molar refractivity (Wildman–Crippen MR) is 124 cm³/mol. The van der Waals surface area contributed by atoms with Crippen molar-refractivity contribution < 1.29 is 24.1 Å². The van der Waals surface area contributed by atoms with E-state index in [9.17, 15) is 9.90 Å². The summed E-state index contributed by atoms with van der Waals surface area (Å²) in [6, 6.07) is 4.29. The lowest BCUT2D eigenvalue weighted by atomic mass is 9.36. The van der Waals surface area contributed by atoms with E-state index in [2.05, 4.69) is 29.7 Å². The number of hydrogen-bond donors (Lipinski definition) is 1. The van der Waals surface area contributed by atoms with Gasteiger partial charge in [0.25, 0.3) is 0 Å². The first-order valence-electron chi connectivity index (χ1n) is 12.8. The van der Waals surface area contributed by atoms with Crippen LogP contribution < -0.4 is 4.74 Å². The van der Waals surface area contributed by atoms with E-state index in [0.29, 0.717) is 23.8 Å². The maximum Gasteiger partial charge on any atom is 0.333 e. The number of ether oxygens (including phenoxy) is 3. The smallest absolute Gasteiger partial charge is 0.333 e. The molecule has 1 N–H and O–H groups in total. The summed E-state index contributed by atoms with van der Waals surface area (Å²) >= 11 is 0. The summed E-state index contributed by atoms with van der Waals surface area (Å²) in [5.74, 6) is 1.38. The number of esters is 1. The molecule has 1 aromatic rings. The number of fused-ring (bicyclic) bond motifs is 1. The fraction of sp³-hybridized carbons (Fsp3) is 0.607. The van der Waals surface area contributed by atoms with Gasteiger partial charge in [-0.1, -0.05) is 24.8 Å². The minimum Gasteiger partial charge on any atom is -0.504 e. The number of likely N-dealkylation sites (tertiary alicyclic amines) is 1. The molecule has 6 nitrogen and oxygen atoms in total. The molecular formula is C28H31NO5. The number of rotatable bonds is 4. The van der Waals surface area contributed by atoms with E-state index < -0.39 is 5.60 Å². The molecule has 0 aromatic heterocycles. The number of carbonyl (C=O) groups excluding carboxylic acids is 1. The van der Waals surface area contributed by atoms with Crippen LogP contribution in [-0.4, -0.2) is 60.0 Å². The zero-order valence-corrected chi connectivity index (χ0v) is 19.6. The number of benzene rings is 1. The SMILES string of the molecule is C=C1C[C@H]([C@H]2C[C@@]34C=C[C@]2(OC)[C@@H]2Oc5c(O)ccc6c5[C@@]23CCN(CC2CC2)[C@@H]4C6)OC1=O. The molecule has 8 aliphatic rings. The number of nitrogens with zero attached hydrogens (tertiary/aromatic N) is 1. The number of aromatic hydroxyl groups is 1. The van der Waals surface area contributed by atoms with Gasteiger partial charge in [-0.3, -0.25) is 4.90 Å². The summed E-state index contributed by atoms with van der Waals surface area (Å²) in [6.45, 7) is 6.16. The van der Waals surface area contributed by atoms with E-state index in [4.69, 9.17) is 14.2 Å². The lowest BCUT2D eigenvalue weighted by Crippen LogP contribution is -2.80. The third-order valence-corrected chi connectivity index (χ3v) is 10.6. The standard InChI is InChI=1S/C28H31NO5/c1-15-11-20(33-24(15)31)18-13-26-7-8-28(18,32-2)25-27(26)9-10-29(14-16-3-4-16)21(26)12-17-5-6-19(30)23(34-25)22(17)27/h5-8,16,18,20-21,25,30H,1,3-4,9-14H2,2H3/t18-,20-,21-,25-,26-,27+,28-/m1/s1. The van der Waals surface area contributed by atoms with Gasteiger partial charge in [0.1, 0.15) is 17.8 Å². The first kappa shape index (κ1) is 19.9. The van der Waals surface area contributed by atoms with E-state index in [0.717, 1.165) is 38.3 Å². The highest BCUT2D eigenvalue weighted by Crippen LogP contribution is 2.75. The van der Waals surface area contributed by atoms with Gasteiger partial charge in [-0.2, -0.15) is 0 Å². The van der Waals surface area contributed by atoms with Gasteiger partial charge < -0.3 is 19.3 Å². The Morgan fingerprint density at radius 3 is 2.82 bits per heavy atom. The molecule has 3 heterocycles. The Balaban J connectivity index is 1.36. The summed E-state index contributed by atoms with van der Waals surface area (Å²) in [5.41, 5.74) is 1.98. The van der Waals surface area contributed by atoms with E-state index in [-0.39, 0.29) is 40.7 Å². The fourth-order valence-electron chi connectivity index (χ4n) is 9.07. The van der Waals surface area contributed by atoms with Crippen LogP contribution in [0.15, 0.2) is 36.4 Å². The van der Waals surface area contributed by atoms with Crippen LogP contribution in [0, 0.1) is 17.3 Å². The van der Waals surface area contributed by atoms with Gasteiger partial charge in [-0.25, -0.2) is 4.79 Å². The highest BCUT2D eigenvalue weighted by atomic mass is 16.6. The van der Waals surface area contributed by atoms with E-state index >= 15 is 0 Å². The average molecular weight is 462 g/mol. The van der Waals surface area contributed by atoms with Gasteiger partial charge in [0.15, 0.2) is 11.5 Å². The summed E-state index contributed by atoms with van der Waals surface area (Å²) in [7, 11) is 1.76. The fourth-order valence-corrected chi connectivity index (χ4v) is 9.07. The van der Waals surface area contributed by atoms with E-state index in [1.165, 1.54) is 24.0 Å². The molecule has 3 aliphatic heterocycles. The molecule has 5 aliphatic carbocycles. The Bertz CT molecular complexity index is 1170. The van der Waals surface area contributed by atoms with Crippen molar-refractivity contribution in [1.29, 1.82) is 0 Å². The Morgan fingerprint density at radius 2 is 2.09 bits per heavy atom. The van der Waals surface area contributed by atoms with E-state index in [1.807, 2.05) is 0 Å². The normalized spacial score (nSPS) is 45.3. The van der Waals surface area contributed by atoms with Crippen LogP contribution >= 0.6 is 0 Å². The number of hydrogen-bond acceptors (Lipinski definition) is 6. The Kier molecular flexibility index (Phi) is 3.57. The van der Waals surface area contributed by atoms with Crippen LogP contribution in [0.3, 0.4) is 0 Å². The lowest BCUT2D eigenvalue weighted by Gasteiger charge is -2.71. The van der Waals surface area contributed by atoms with Crippen LogP contribution in [0.25, 0.3) is 0 Å². The molecule has 2 saturated carbocycles. The lowest BCUT2D eigenvalue weighted by molar-refractivity contribution is -0.232. The van der Waals surface area contributed by atoms with Crippen molar-refractivity contribution >= 4 is 5.97 Å². The second-order valence-electron chi connectivity index (χ2n) is 11.8. The van der Waals surface area contributed by atoms with Gasteiger partial charge in [-0.05, 0) is 56.2 Å². The molecular weight excluding hydrogens is 430 g/mol. The van der Waals surface area contributed by atoms with Crippen LogP contribution in [0.4, 0.5) is 0 Å². The van der Waals surface area contributed by atoms with Crippen molar-refractivity contribution in [3.05, 3.63) is 47.6 Å². The Labute approximate surface area is 199 Å². The monoisotopic (exact) mass is 461 g/mol. The molecule has 6 heteroatoms. The molecule has 9 rings (SSSR count). The largest absolute Gasteiger partial charge is 0.504 e. The number of methoxy groups -OCH3 is 1. The number of phenols is 1. The Hall–Kier alpha value is -2.31. The topological polar surface area (TPSA) is 68.2 Å². The zero-order valence-electron chi connectivity index (χ0n) is 19.6. The van der Waals surface area contributed by atoms with Crippen molar-refractivity contribution in [3.63, 3.8) is 0 Å². The van der Waals surface area contributed by atoms with Gasteiger partial charge >= 0.3 is 5.97 Å². The van der Waals surface area contributed by atoms with Crippen molar-refractivity contribution in [1.82, 2.24) is 4.90 Å². The quantitative estimate of drug-likeness (QED) is 0.422. The predicted octanol–water partition coefficient (Wildman–Crippen LogP) is 3.26. The van der Waals surface area contributed by atoms with E-state index in [1.54, 1.807) is 13.2 Å². The van der Waals surface area contributed by atoms with Gasteiger partial charge in [-0.15, -0.1) is 0 Å². The molecule has 4 fully saturated rings. The maximum absolute atomic E-state index is 12.4. The zero-order chi connectivity index (χ0) is 23.0. The molecule has 34 heavy (non-hydrogen) atoms. The molecule has 0 unspecified atom stereocenters. The minimum atomic E-state index is -0.722. The molecule has 7 atom stereocenters. The van der Waals surface area contributed by atoms with Gasteiger partial charge in [0, 0.05) is 48.6 Å². The van der Waals surface area contributed by atoms with Gasteiger partial charge in [0.2, 0.25) is 0 Å². The molecule has 4 bridgehead atoms. The molecule has 178 valence electrons.